The Morgan fingerprint density at radius 1 is 1.03 bits per heavy atom. The molecule has 0 amide bonds. The molecule has 0 atom stereocenters. The van der Waals surface area contributed by atoms with Gasteiger partial charge in [-0.25, -0.2) is 14.5 Å². The predicted molar refractivity (Wildman–Crippen MR) is 130 cm³/mol. The monoisotopic (exact) mass is 431 g/mol. The first-order chi connectivity index (χ1) is 15.7. The first kappa shape index (κ1) is 20.9. The maximum absolute atomic E-state index is 5.03. The second-order valence-corrected chi connectivity index (χ2v) is 9.24. The molecule has 0 radical (unpaired) electrons. The molecule has 5 rings (SSSR count). The van der Waals surface area contributed by atoms with Crippen molar-refractivity contribution in [3.63, 3.8) is 0 Å². The first-order valence-electron chi connectivity index (χ1n) is 11.9. The first-order valence-corrected chi connectivity index (χ1v) is 11.9. The lowest BCUT2D eigenvalue weighted by molar-refractivity contribution is 0.579. The molecule has 0 aliphatic heterocycles. The van der Waals surface area contributed by atoms with Gasteiger partial charge in [-0.3, -0.25) is 0 Å². The van der Waals surface area contributed by atoms with Crippen molar-refractivity contribution in [1.29, 1.82) is 0 Å². The number of anilines is 2. The van der Waals surface area contributed by atoms with Gasteiger partial charge in [0, 0.05) is 30.9 Å². The van der Waals surface area contributed by atoms with E-state index in [0.717, 1.165) is 41.1 Å². The van der Waals surface area contributed by atoms with Gasteiger partial charge in [0.1, 0.15) is 5.82 Å². The van der Waals surface area contributed by atoms with Crippen LogP contribution >= 0.6 is 0 Å². The van der Waals surface area contributed by atoms with Gasteiger partial charge in [0.25, 0.3) is 0 Å². The molecule has 0 saturated heterocycles. The number of hydrogen-bond donors (Lipinski definition) is 3. The summed E-state index contributed by atoms with van der Waals surface area (Å²) < 4.78 is 2.04. The van der Waals surface area contributed by atoms with Crippen LogP contribution in [0.4, 0.5) is 11.8 Å². The molecule has 0 unspecified atom stereocenters. The third-order valence-corrected chi connectivity index (χ3v) is 6.37. The van der Waals surface area contributed by atoms with Gasteiger partial charge in [0.05, 0.1) is 22.5 Å². The maximum Gasteiger partial charge on any atom is 0.223 e. The van der Waals surface area contributed by atoms with Crippen molar-refractivity contribution in [3.05, 3.63) is 48.3 Å². The van der Waals surface area contributed by atoms with Crippen LogP contribution in [0.15, 0.2) is 42.6 Å². The van der Waals surface area contributed by atoms with E-state index >= 15 is 0 Å². The van der Waals surface area contributed by atoms with Crippen LogP contribution in [0.2, 0.25) is 0 Å². The fourth-order valence-corrected chi connectivity index (χ4v) is 4.69. The minimum Gasteiger partial charge on any atom is -0.367 e. The summed E-state index contributed by atoms with van der Waals surface area (Å²) in [5, 5.41) is 15.8. The highest BCUT2D eigenvalue weighted by Crippen LogP contribution is 2.31. The Hall–Kier alpha value is -2.93. The summed E-state index contributed by atoms with van der Waals surface area (Å²) in [6.07, 6.45) is 13.4. The zero-order chi connectivity index (χ0) is 21.9. The summed E-state index contributed by atoms with van der Waals surface area (Å²) in [7, 11) is 0. The number of aromatic nitrogens is 4. The quantitative estimate of drug-likeness (QED) is 0.446. The van der Waals surface area contributed by atoms with Crippen LogP contribution in [0.25, 0.3) is 16.8 Å². The molecule has 2 aliphatic rings. The van der Waals surface area contributed by atoms with E-state index in [1.807, 2.05) is 16.8 Å². The summed E-state index contributed by atoms with van der Waals surface area (Å²) >= 11 is 0. The molecule has 7 nitrogen and oxygen atoms in total. The van der Waals surface area contributed by atoms with Crippen molar-refractivity contribution in [1.82, 2.24) is 24.9 Å². The third kappa shape index (κ3) is 4.48. The van der Waals surface area contributed by atoms with E-state index in [9.17, 15) is 0 Å². The third-order valence-electron chi connectivity index (χ3n) is 6.37. The van der Waals surface area contributed by atoms with Crippen LogP contribution in [-0.2, 0) is 6.54 Å². The highest BCUT2D eigenvalue weighted by molar-refractivity contribution is 5.82. The Morgan fingerprint density at radius 2 is 1.84 bits per heavy atom. The normalized spacial score (nSPS) is 17.1. The van der Waals surface area contributed by atoms with Crippen LogP contribution in [0, 0.1) is 0 Å². The molecule has 168 valence electrons. The van der Waals surface area contributed by atoms with Crippen molar-refractivity contribution in [3.8, 4) is 11.3 Å². The van der Waals surface area contributed by atoms with Gasteiger partial charge in [-0.2, -0.15) is 5.10 Å². The lowest BCUT2D eigenvalue weighted by Gasteiger charge is -2.14. The molecule has 1 saturated carbocycles. The van der Waals surface area contributed by atoms with Crippen molar-refractivity contribution < 1.29 is 0 Å². The highest BCUT2D eigenvalue weighted by Gasteiger charge is 2.21. The smallest absolute Gasteiger partial charge is 0.223 e. The molecular weight excluding hydrogens is 398 g/mol. The van der Waals surface area contributed by atoms with Crippen LogP contribution in [0.1, 0.15) is 58.1 Å². The minimum atomic E-state index is 0.375. The van der Waals surface area contributed by atoms with Crippen LogP contribution in [0.5, 0.6) is 0 Å². The van der Waals surface area contributed by atoms with E-state index in [4.69, 9.17) is 10.1 Å². The van der Waals surface area contributed by atoms with Gasteiger partial charge in [0.2, 0.25) is 5.95 Å². The fourth-order valence-electron chi connectivity index (χ4n) is 4.69. The minimum absolute atomic E-state index is 0.375. The second kappa shape index (κ2) is 9.28. The topological polar surface area (TPSA) is 79.2 Å². The molecular formula is C25H33N7. The SMILES string of the molecule is CC(C)NCc1nn2c(NC3CC=CC3)cccc2c1-c1ccnc(NC2CCCC2)n1. The van der Waals surface area contributed by atoms with Crippen LogP contribution < -0.4 is 16.0 Å². The van der Waals surface area contributed by atoms with E-state index < -0.39 is 0 Å². The Labute approximate surface area is 189 Å². The van der Waals surface area contributed by atoms with Crippen molar-refractivity contribution in [2.45, 2.75) is 77.0 Å². The molecule has 3 heterocycles. The van der Waals surface area contributed by atoms with Gasteiger partial charge >= 0.3 is 0 Å². The standard InChI is InChI=1S/C25H33N7/c1-17(2)27-16-21-24(20-14-15-26-25(30-20)29-19-10-5-6-11-19)22-12-7-13-23(32(22)31-21)28-18-8-3-4-9-18/h3-4,7,12-15,17-19,27-28H,5-6,8-11,16H2,1-2H3,(H,26,29,30). The Morgan fingerprint density at radius 3 is 2.62 bits per heavy atom. The highest BCUT2D eigenvalue weighted by atomic mass is 15.3. The molecule has 7 heteroatoms. The molecule has 1 fully saturated rings. The average molecular weight is 432 g/mol. The number of pyridine rings is 1. The Kier molecular flexibility index (Phi) is 6.08. The molecule has 0 bridgehead atoms. The fraction of sp³-hybridized carbons (Fsp3) is 0.480. The largest absolute Gasteiger partial charge is 0.367 e. The van der Waals surface area contributed by atoms with Gasteiger partial charge < -0.3 is 16.0 Å². The lowest BCUT2D eigenvalue weighted by atomic mass is 10.1. The molecule has 3 aromatic heterocycles. The predicted octanol–water partition coefficient (Wildman–Crippen LogP) is 4.77. The molecule has 3 N–H and O–H groups in total. The summed E-state index contributed by atoms with van der Waals surface area (Å²) in [5.74, 6) is 1.73. The molecule has 32 heavy (non-hydrogen) atoms. The van der Waals surface area contributed by atoms with Gasteiger partial charge in [0.15, 0.2) is 0 Å². The Bertz CT molecular complexity index is 1090. The zero-order valence-corrected chi connectivity index (χ0v) is 19.0. The van der Waals surface area contributed by atoms with E-state index in [0.29, 0.717) is 30.6 Å². The number of rotatable bonds is 8. The lowest BCUT2D eigenvalue weighted by Crippen LogP contribution is -2.22. The van der Waals surface area contributed by atoms with Crippen molar-refractivity contribution in [2.24, 2.45) is 0 Å². The zero-order valence-electron chi connectivity index (χ0n) is 19.0. The van der Waals surface area contributed by atoms with Gasteiger partial charge in [-0.15, -0.1) is 0 Å². The average Bonchev–Trinajstić information content (AvgIpc) is 3.54. The number of fused-ring (bicyclic) bond motifs is 1. The van der Waals surface area contributed by atoms with Gasteiger partial charge in [-0.05, 0) is 43.9 Å². The summed E-state index contributed by atoms with van der Waals surface area (Å²) in [6, 6.07) is 9.61. The van der Waals surface area contributed by atoms with Crippen molar-refractivity contribution >= 4 is 17.3 Å². The van der Waals surface area contributed by atoms with E-state index in [2.05, 4.69) is 65.1 Å². The second-order valence-electron chi connectivity index (χ2n) is 9.24. The molecule has 2 aliphatic carbocycles. The number of nitrogens with zero attached hydrogens (tertiary/aromatic N) is 4. The molecule has 0 aromatic carbocycles. The summed E-state index contributed by atoms with van der Waals surface area (Å²) in [4.78, 5) is 9.41. The molecule has 3 aromatic rings. The van der Waals surface area contributed by atoms with Gasteiger partial charge in [-0.1, -0.05) is 44.9 Å². The van der Waals surface area contributed by atoms with Crippen LogP contribution in [0.3, 0.4) is 0 Å². The van der Waals surface area contributed by atoms with E-state index in [1.165, 1.54) is 25.7 Å². The summed E-state index contributed by atoms with van der Waals surface area (Å²) in [5.41, 5.74) is 4.05. The molecule has 0 spiro atoms. The number of nitrogens with one attached hydrogen (secondary N) is 3. The summed E-state index contributed by atoms with van der Waals surface area (Å²) in [6.45, 7) is 5.00. The van der Waals surface area contributed by atoms with E-state index in [-0.39, 0.29) is 0 Å². The van der Waals surface area contributed by atoms with Crippen molar-refractivity contribution in [2.75, 3.05) is 10.6 Å². The number of hydrogen-bond acceptors (Lipinski definition) is 6. The Balaban J connectivity index is 1.53. The van der Waals surface area contributed by atoms with Crippen LogP contribution in [-0.4, -0.2) is 37.7 Å². The van der Waals surface area contributed by atoms with E-state index in [1.54, 1.807) is 0 Å². The maximum atomic E-state index is 5.03.